The highest BCUT2D eigenvalue weighted by Crippen LogP contribution is 2.16. The Morgan fingerprint density at radius 1 is 1.13 bits per heavy atom. The van der Waals surface area contributed by atoms with Gasteiger partial charge in [0.05, 0.1) is 5.69 Å². The number of halogens is 2. The number of benzene rings is 2. The fraction of sp³-hybridized carbons (Fsp3) is 0.227. The quantitative estimate of drug-likeness (QED) is 0.605. The largest absolute Gasteiger partial charge is 0.444 e. The summed E-state index contributed by atoms with van der Waals surface area (Å²) in [6.07, 6.45) is -0.586. The van der Waals surface area contributed by atoms with Crippen LogP contribution in [0.4, 0.5) is 14.9 Å². The highest BCUT2D eigenvalue weighted by Gasteiger charge is 2.23. The van der Waals surface area contributed by atoms with Crippen molar-refractivity contribution in [1.29, 1.82) is 0 Å². The molecule has 0 saturated heterocycles. The van der Waals surface area contributed by atoms with E-state index in [0.29, 0.717) is 10.7 Å². The van der Waals surface area contributed by atoms with Crippen molar-refractivity contribution in [3.63, 3.8) is 0 Å². The molecule has 0 unspecified atom stereocenters. The summed E-state index contributed by atoms with van der Waals surface area (Å²) in [5.41, 5.74) is 2.28. The second-order valence-electron chi connectivity index (χ2n) is 7.06. The van der Waals surface area contributed by atoms with Gasteiger partial charge in [-0.1, -0.05) is 35.9 Å². The summed E-state index contributed by atoms with van der Waals surface area (Å²) in [4.78, 5) is 25.9. The van der Waals surface area contributed by atoms with Crippen LogP contribution in [-0.4, -0.2) is 33.7 Å². The number of rotatable bonds is 6. The first-order valence-corrected chi connectivity index (χ1v) is 9.84. The fourth-order valence-corrected chi connectivity index (χ4v) is 3.09. The lowest BCUT2D eigenvalue weighted by Gasteiger charge is -2.17. The Morgan fingerprint density at radius 3 is 2.32 bits per heavy atom. The molecular formula is C22H22ClFN4O3. The van der Waals surface area contributed by atoms with Crippen LogP contribution in [0.2, 0.25) is 5.02 Å². The first-order valence-electron chi connectivity index (χ1n) is 9.46. The maximum Gasteiger partial charge on any atom is 0.411 e. The molecule has 1 N–H and O–H groups in total. The molecule has 9 heteroatoms. The molecule has 0 aliphatic rings. The molecular weight excluding hydrogens is 423 g/mol. The van der Waals surface area contributed by atoms with Crippen molar-refractivity contribution in [2.75, 3.05) is 12.4 Å². The number of anilines is 1. The lowest BCUT2D eigenvalue weighted by Crippen LogP contribution is -2.28. The zero-order valence-corrected chi connectivity index (χ0v) is 18.1. The predicted octanol–water partition coefficient (Wildman–Crippen LogP) is 4.54. The van der Waals surface area contributed by atoms with Gasteiger partial charge >= 0.3 is 6.09 Å². The van der Waals surface area contributed by atoms with Crippen molar-refractivity contribution in [2.24, 2.45) is 7.05 Å². The van der Waals surface area contributed by atoms with Crippen LogP contribution < -0.4 is 5.32 Å². The Kier molecular flexibility index (Phi) is 6.91. The summed E-state index contributed by atoms with van der Waals surface area (Å²) in [7, 11) is 3.12. The molecule has 1 heterocycles. The van der Waals surface area contributed by atoms with Crippen molar-refractivity contribution in [2.45, 2.75) is 20.1 Å². The molecule has 1 aromatic heterocycles. The number of ether oxygens (including phenoxy) is 1. The Morgan fingerprint density at radius 2 is 1.74 bits per heavy atom. The number of aryl methyl sites for hydroxylation is 2. The van der Waals surface area contributed by atoms with Crippen LogP contribution in [0, 0.1) is 12.7 Å². The van der Waals surface area contributed by atoms with E-state index in [9.17, 15) is 14.0 Å². The molecule has 0 radical (unpaired) electrons. The van der Waals surface area contributed by atoms with Gasteiger partial charge in [-0.25, -0.2) is 9.18 Å². The molecule has 0 fully saturated rings. The number of hydrogen-bond donors (Lipinski definition) is 1. The van der Waals surface area contributed by atoms with Gasteiger partial charge in [0.25, 0.3) is 5.91 Å². The van der Waals surface area contributed by atoms with Gasteiger partial charge < -0.3 is 9.64 Å². The fourth-order valence-electron chi connectivity index (χ4n) is 2.97. The monoisotopic (exact) mass is 444 g/mol. The summed E-state index contributed by atoms with van der Waals surface area (Å²) < 4.78 is 20.6. The molecule has 3 aromatic rings. The van der Waals surface area contributed by atoms with Gasteiger partial charge in [-0.3, -0.25) is 14.8 Å². The number of nitrogens with zero attached hydrogens (tertiary/aromatic N) is 3. The molecule has 0 spiro atoms. The summed E-state index contributed by atoms with van der Waals surface area (Å²) in [5.74, 6) is -1.08. The molecule has 0 saturated carbocycles. The van der Waals surface area contributed by atoms with Gasteiger partial charge in [-0.15, -0.1) is 0 Å². The van der Waals surface area contributed by atoms with Gasteiger partial charge in [-0.05, 0) is 42.3 Å². The maximum atomic E-state index is 14.1. The van der Waals surface area contributed by atoms with E-state index in [1.165, 1.54) is 23.6 Å². The smallest absolute Gasteiger partial charge is 0.411 e. The molecule has 31 heavy (non-hydrogen) atoms. The van der Waals surface area contributed by atoms with E-state index in [0.717, 1.165) is 11.1 Å². The molecule has 0 aliphatic carbocycles. The topological polar surface area (TPSA) is 76.5 Å². The molecule has 162 valence electrons. The lowest BCUT2D eigenvalue weighted by atomic mass is 10.2. The van der Waals surface area contributed by atoms with Gasteiger partial charge in [0.15, 0.2) is 11.5 Å². The van der Waals surface area contributed by atoms with Crippen molar-refractivity contribution >= 4 is 29.3 Å². The van der Waals surface area contributed by atoms with E-state index >= 15 is 0 Å². The van der Waals surface area contributed by atoms with Crippen molar-refractivity contribution < 1.29 is 18.7 Å². The van der Waals surface area contributed by atoms with E-state index in [1.54, 1.807) is 55.6 Å². The zero-order valence-electron chi connectivity index (χ0n) is 17.4. The molecule has 0 atom stereocenters. The third-order valence-electron chi connectivity index (χ3n) is 4.60. The standard InChI is InChI=1S/C22H22ClFN4O3/c1-14-19(24)20(28(3)26-14)21(29)27(2)12-15-6-10-18(11-7-15)25-22(30)31-13-16-4-8-17(23)9-5-16/h4-11H,12-13H2,1-3H3,(H,25,30). The average molecular weight is 445 g/mol. The van der Waals surface area contributed by atoms with E-state index in [4.69, 9.17) is 16.3 Å². The van der Waals surface area contributed by atoms with E-state index in [2.05, 4.69) is 10.4 Å². The third-order valence-corrected chi connectivity index (χ3v) is 4.85. The molecule has 7 nitrogen and oxygen atoms in total. The Hall–Kier alpha value is -3.39. The van der Waals surface area contributed by atoms with Crippen LogP contribution in [0.1, 0.15) is 27.3 Å². The van der Waals surface area contributed by atoms with E-state index < -0.39 is 17.8 Å². The molecule has 0 aliphatic heterocycles. The first kappa shape index (κ1) is 22.3. The Labute approximate surface area is 184 Å². The molecule has 0 bridgehead atoms. The summed E-state index contributed by atoms with van der Waals surface area (Å²) in [6.45, 7) is 1.90. The number of carbonyl (C=O) groups is 2. The minimum absolute atomic E-state index is 0.0817. The summed E-state index contributed by atoms with van der Waals surface area (Å²) in [6, 6.07) is 13.9. The number of nitrogens with one attached hydrogen (secondary N) is 1. The number of carbonyl (C=O) groups excluding carboxylic acids is 2. The van der Waals surface area contributed by atoms with E-state index in [1.807, 2.05) is 0 Å². The number of hydrogen-bond acceptors (Lipinski definition) is 4. The van der Waals surface area contributed by atoms with E-state index in [-0.39, 0.29) is 24.5 Å². The summed E-state index contributed by atoms with van der Waals surface area (Å²) >= 11 is 5.83. The highest BCUT2D eigenvalue weighted by molar-refractivity contribution is 6.30. The number of aromatic nitrogens is 2. The van der Waals surface area contributed by atoms with Gasteiger partial charge in [0.2, 0.25) is 0 Å². The second-order valence-corrected chi connectivity index (χ2v) is 7.49. The first-order chi connectivity index (χ1) is 14.7. The van der Waals surface area contributed by atoms with Gasteiger partial charge in [-0.2, -0.15) is 5.10 Å². The minimum atomic E-state index is -0.615. The van der Waals surface area contributed by atoms with Crippen LogP contribution in [0.25, 0.3) is 0 Å². The molecule has 3 rings (SSSR count). The normalized spacial score (nSPS) is 10.6. The third kappa shape index (κ3) is 5.61. The average Bonchev–Trinajstić information content (AvgIpc) is 3.00. The lowest BCUT2D eigenvalue weighted by molar-refractivity contribution is 0.0769. The molecule has 2 amide bonds. The van der Waals surface area contributed by atoms with Crippen LogP contribution in [0.3, 0.4) is 0 Å². The van der Waals surface area contributed by atoms with Crippen LogP contribution >= 0.6 is 11.6 Å². The SMILES string of the molecule is Cc1nn(C)c(C(=O)N(C)Cc2ccc(NC(=O)OCc3ccc(Cl)cc3)cc2)c1F. The van der Waals surface area contributed by atoms with Gasteiger partial charge in [0.1, 0.15) is 6.61 Å². The van der Waals surface area contributed by atoms with Crippen molar-refractivity contribution in [3.05, 3.63) is 81.9 Å². The Balaban J connectivity index is 1.54. The summed E-state index contributed by atoms with van der Waals surface area (Å²) in [5, 5.41) is 7.19. The zero-order chi connectivity index (χ0) is 22.5. The molecule has 2 aromatic carbocycles. The maximum absolute atomic E-state index is 14.1. The second kappa shape index (κ2) is 9.61. The predicted molar refractivity (Wildman–Crippen MR) is 115 cm³/mol. The number of amides is 2. The van der Waals surface area contributed by atoms with Crippen LogP contribution in [0.5, 0.6) is 0 Å². The van der Waals surface area contributed by atoms with Crippen LogP contribution in [-0.2, 0) is 24.9 Å². The van der Waals surface area contributed by atoms with Crippen molar-refractivity contribution in [3.8, 4) is 0 Å². The van der Waals surface area contributed by atoms with Gasteiger partial charge in [0, 0.05) is 31.4 Å². The Bertz CT molecular complexity index is 1080. The van der Waals surface area contributed by atoms with Crippen molar-refractivity contribution in [1.82, 2.24) is 14.7 Å². The minimum Gasteiger partial charge on any atom is -0.444 e. The highest BCUT2D eigenvalue weighted by atomic mass is 35.5. The van der Waals surface area contributed by atoms with Crippen LogP contribution in [0.15, 0.2) is 48.5 Å².